The van der Waals surface area contributed by atoms with Crippen molar-refractivity contribution in [2.24, 2.45) is 4.99 Å². The van der Waals surface area contributed by atoms with Gasteiger partial charge in [0, 0.05) is 75.7 Å². The number of aliphatic imine (C=N–C) groups is 1. The second-order valence-corrected chi connectivity index (χ2v) is 30.4. The molecule has 630 valence electrons. The van der Waals surface area contributed by atoms with E-state index in [2.05, 4.69) is 20.9 Å². The van der Waals surface area contributed by atoms with Crippen molar-refractivity contribution in [1.29, 1.82) is 10.5 Å². The number of nitrogens with one attached hydrogen (secondary N) is 3. The van der Waals surface area contributed by atoms with E-state index in [9.17, 15) is 108 Å². The van der Waals surface area contributed by atoms with Gasteiger partial charge >= 0.3 is 57.1 Å². The van der Waals surface area contributed by atoms with Crippen molar-refractivity contribution >= 4 is 70.7 Å². The third-order valence-electron chi connectivity index (χ3n) is 17.7. The number of benzene rings is 10. The predicted octanol–water partition coefficient (Wildman–Crippen LogP) is 25.1. The maximum Gasteiger partial charge on any atom is 0.584 e. The summed E-state index contributed by atoms with van der Waals surface area (Å²) in [5.41, 5.74) is -8.80. The molecular weight excluding hydrogens is 1650 g/mol. The molecule has 13 rings (SSSR count). The van der Waals surface area contributed by atoms with Gasteiger partial charge in [0.15, 0.2) is 11.6 Å². The molecule has 0 saturated heterocycles. The molecule has 2 aliphatic carbocycles. The molecule has 0 unspecified atom stereocenters. The van der Waals surface area contributed by atoms with E-state index in [1.54, 1.807) is 96.1 Å². The summed E-state index contributed by atoms with van der Waals surface area (Å²) in [6.07, 6.45) is -27.2. The number of fused-ring (bicyclic) bond motifs is 7. The third kappa shape index (κ3) is 23.5. The summed E-state index contributed by atoms with van der Waals surface area (Å²) in [6.45, 7) is 10.4. The van der Waals surface area contributed by atoms with Crippen LogP contribution in [-0.4, -0.2) is 46.1 Å². The van der Waals surface area contributed by atoms with Crippen molar-refractivity contribution in [3.05, 3.63) is 273 Å². The highest BCUT2D eigenvalue weighted by Crippen LogP contribution is 2.62. The average Bonchev–Trinajstić information content (AvgIpc) is 1.69. The van der Waals surface area contributed by atoms with E-state index >= 15 is 0 Å². The highest BCUT2D eigenvalue weighted by atomic mass is 31.2. The van der Waals surface area contributed by atoms with E-state index in [0.717, 1.165) is 42.0 Å². The molecule has 0 spiro atoms. The highest BCUT2D eigenvalue weighted by Gasteiger charge is 2.44. The number of carbonyl (C=O) groups excluding carboxylic acids is 4. The second-order valence-electron chi connectivity index (χ2n) is 29.1. The lowest BCUT2D eigenvalue weighted by Gasteiger charge is -2.25. The number of anilines is 2. The monoisotopic (exact) mass is 1710 g/mol. The molecule has 4 N–H and O–H groups in total. The molecule has 35 heteroatoms. The fraction of sp³-hybridized carbons (Fsp3) is 0.221. The van der Waals surface area contributed by atoms with Crippen LogP contribution < -0.4 is 25.0 Å². The molecular formula is C86H65F18N6O10P. The second kappa shape index (κ2) is 35.2. The number of allylic oxidation sites excluding steroid dienone is 3. The molecule has 0 bridgehead atoms. The number of ether oxygens (including phenoxy) is 2. The van der Waals surface area contributed by atoms with Gasteiger partial charge in [-0.3, -0.25) is 14.5 Å². The summed E-state index contributed by atoms with van der Waals surface area (Å²) in [6, 6.07) is 40.8. The number of phosphoric acid groups is 1. The lowest BCUT2D eigenvalue weighted by Crippen LogP contribution is -2.36. The van der Waals surface area contributed by atoms with E-state index in [4.69, 9.17) is 29.0 Å². The van der Waals surface area contributed by atoms with Crippen LogP contribution in [0.15, 0.2) is 222 Å². The zero-order valence-corrected chi connectivity index (χ0v) is 64.6. The minimum Gasteiger partial charge on any atom is -0.444 e. The van der Waals surface area contributed by atoms with Gasteiger partial charge in [-0.25, -0.2) is 14.2 Å². The number of nitrogens with zero attached hydrogens (tertiary/aromatic N) is 3. The van der Waals surface area contributed by atoms with Gasteiger partial charge in [-0.1, -0.05) is 84.9 Å². The fourth-order valence-electron chi connectivity index (χ4n) is 12.5. The van der Waals surface area contributed by atoms with Gasteiger partial charge in [0.25, 0.3) is 0 Å². The fourth-order valence-corrected chi connectivity index (χ4v) is 13.4. The van der Waals surface area contributed by atoms with Crippen LogP contribution in [-0.2, 0) is 60.7 Å². The van der Waals surface area contributed by atoms with E-state index < -0.39 is 141 Å². The Morgan fingerprint density at radius 3 is 1.30 bits per heavy atom. The zero-order valence-electron chi connectivity index (χ0n) is 63.7. The van der Waals surface area contributed by atoms with E-state index in [1.165, 1.54) is 79.0 Å². The minimum atomic E-state index is -5.61. The molecule has 0 fully saturated rings. The molecule has 3 aliphatic rings. The summed E-state index contributed by atoms with van der Waals surface area (Å²) in [5, 5.41) is 26.7. The number of alkyl carbamates (subject to hydrolysis) is 1. The van der Waals surface area contributed by atoms with Crippen LogP contribution in [0.5, 0.6) is 11.5 Å². The Bertz CT molecular complexity index is 5650. The molecule has 1 atom stereocenters. The average molecular weight is 1720 g/mol. The SMILES string of the molecule is CC(C)(C)OC(=O)N=Cc1ccc(C#N)cc1.CC(C)(C)OC(=O)N[C@@H](C1=C(Nc2cccc(C(F)(F)F)c2)CCC1=O)c1ccc(C#N)cc1.O=C1C=C(Nc2cccc(C(F)(F)F)c2)CC1.O=P1(O)Oc2c(-c3cc(C(F)(F)F)cc(C(F)(F)F)c3)cc3ccccc3c2-c2c(c(-c3cc(C(F)(F)F)cc(C(F)(F)F)c3)cc3ccccc23)O1. The lowest BCUT2D eigenvalue weighted by molar-refractivity contribution is -0.144. The quantitative estimate of drug-likeness (QED) is 0.0566. The molecule has 10 aromatic carbocycles. The van der Waals surface area contributed by atoms with Crippen LogP contribution in [0.2, 0.25) is 0 Å². The van der Waals surface area contributed by atoms with Crippen molar-refractivity contribution in [2.75, 3.05) is 10.6 Å². The van der Waals surface area contributed by atoms with Crippen LogP contribution in [0.3, 0.4) is 0 Å². The van der Waals surface area contributed by atoms with Crippen LogP contribution in [0, 0.1) is 22.7 Å². The summed E-state index contributed by atoms with van der Waals surface area (Å²) >= 11 is 0. The topological polar surface area (TPSA) is 239 Å². The lowest BCUT2D eigenvalue weighted by atomic mass is 9.85. The molecule has 1 heterocycles. The van der Waals surface area contributed by atoms with Gasteiger partial charge in [-0.15, -0.1) is 0 Å². The van der Waals surface area contributed by atoms with Crippen LogP contribution >= 0.6 is 7.82 Å². The predicted molar refractivity (Wildman–Crippen MR) is 411 cm³/mol. The number of phosphoric ester groups is 1. The molecule has 121 heavy (non-hydrogen) atoms. The molecule has 10 aromatic rings. The summed E-state index contributed by atoms with van der Waals surface area (Å²) in [5.74, 6) is -1.74. The number of hydrogen-bond donors (Lipinski definition) is 4. The minimum absolute atomic E-state index is 0.000485. The van der Waals surface area contributed by atoms with Crippen molar-refractivity contribution in [3.8, 4) is 57.0 Å². The van der Waals surface area contributed by atoms with E-state index in [1.807, 2.05) is 12.1 Å². The van der Waals surface area contributed by atoms with Gasteiger partial charge in [0.2, 0.25) is 0 Å². The zero-order chi connectivity index (χ0) is 88.9. The van der Waals surface area contributed by atoms with Crippen molar-refractivity contribution in [3.63, 3.8) is 0 Å². The number of alkyl halides is 18. The molecule has 2 amide bonds. The number of ketones is 2. The van der Waals surface area contributed by atoms with Gasteiger partial charge in [-0.05, 0) is 207 Å². The summed E-state index contributed by atoms with van der Waals surface area (Å²) < 4.78 is 279. The number of nitriles is 2. The number of hydrogen-bond acceptors (Lipinski definition) is 13. The Hall–Kier alpha value is -12.9. The Balaban J connectivity index is 0.000000191. The number of rotatable bonds is 10. The van der Waals surface area contributed by atoms with Crippen LogP contribution in [0.25, 0.3) is 54.9 Å². The number of Topliss-reactive ketones (excluding diaryl/α,β-unsaturated/α-hetero) is 1. The molecule has 1 aliphatic heterocycles. The first kappa shape index (κ1) is 90.4. The first-order valence-electron chi connectivity index (χ1n) is 35.8. The van der Waals surface area contributed by atoms with Gasteiger partial charge in [-0.2, -0.15) is 94.5 Å². The van der Waals surface area contributed by atoms with E-state index in [0.29, 0.717) is 70.9 Å². The first-order chi connectivity index (χ1) is 56.2. The Morgan fingerprint density at radius 2 is 0.901 bits per heavy atom. The van der Waals surface area contributed by atoms with Crippen molar-refractivity contribution in [1.82, 2.24) is 5.32 Å². The van der Waals surface area contributed by atoms with Gasteiger partial charge < -0.3 is 34.5 Å². The number of amides is 2. The largest absolute Gasteiger partial charge is 0.584 e. The molecule has 0 radical (unpaired) electrons. The number of halogens is 18. The van der Waals surface area contributed by atoms with Gasteiger partial charge in [0.1, 0.15) is 22.7 Å². The highest BCUT2D eigenvalue weighted by molar-refractivity contribution is 7.48. The van der Waals surface area contributed by atoms with Crippen LogP contribution in [0.1, 0.15) is 129 Å². The Morgan fingerprint density at radius 1 is 0.488 bits per heavy atom. The van der Waals surface area contributed by atoms with Crippen molar-refractivity contribution in [2.45, 2.75) is 122 Å². The molecule has 0 saturated carbocycles. The van der Waals surface area contributed by atoms with Crippen LogP contribution in [0.4, 0.5) is 100.0 Å². The normalized spacial score (nSPS) is 14.5. The first-order valence-corrected chi connectivity index (χ1v) is 37.3. The summed E-state index contributed by atoms with van der Waals surface area (Å²) in [4.78, 5) is 62.5. The Labute approximate surface area is 677 Å². The number of carbonyl (C=O) groups is 4. The molecule has 0 aromatic heterocycles. The molecule has 16 nitrogen and oxygen atoms in total. The Kier molecular flexibility index (Phi) is 26.3. The summed E-state index contributed by atoms with van der Waals surface area (Å²) in [7, 11) is -5.61. The third-order valence-corrected chi connectivity index (χ3v) is 18.5. The maximum atomic E-state index is 14.0. The maximum absolute atomic E-state index is 14.0. The standard InChI is InChI=1S/C36H17F12O4P.C25H24F3N3O3.C13H14N2O2.C12H10F3NO/c37-33(38,39)21-9-19(10-22(15-21)34(40,41)42)27-13-17-5-1-3-7-25(17)29-30-26-8-4-2-6-18(26)14-28(32(30)52-53(49,50)51-31(27)29)20-11-23(35(43,44)45)16-24(12-20)36(46,47)48;1-24(2,3)34-23(33)31-22(16-9-7-15(14-29)8-10-16)21-19(11-12-20(21)32)30-18-6-4-5-17(13-18)25(26,27)28;1-13(2,3)17-12(16)15-9-11-6-4-10(8-14)5-7-11;13-12(14,15)8-2-1-3-9(6-8)16-10-4-5-11(17)7-10/h1-16H,(H,49,50);4-10,13,22,30H,11-12H2,1-3H3,(H,31,33);4-7,9H,1-3H3;1-3,6-7,16H,4-5H2/t;22-;;/m.1../s1. The van der Waals surface area contributed by atoms with E-state index in [-0.39, 0.29) is 80.5 Å². The smallest absolute Gasteiger partial charge is 0.444 e. The van der Waals surface area contributed by atoms with Crippen molar-refractivity contribution < 1.29 is 126 Å². The van der Waals surface area contributed by atoms with Gasteiger partial charge in [0.05, 0.1) is 62.7 Å².